The minimum absolute atomic E-state index is 0.157. The van der Waals surface area contributed by atoms with Crippen molar-refractivity contribution >= 4 is 57.8 Å². The van der Waals surface area contributed by atoms with Gasteiger partial charge in [-0.3, -0.25) is 0 Å². The van der Waals surface area contributed by atoms with Crippen LogP contribution in [0.2, 0.25) is 0 Å². The molecule has 0 amide bonds. The Bertz CT molecular complexity index is 3220. The number of fused-ring (bicyclic) bond motifs is 12. The fourth-order valence-electron chi connectivity index (χ4n) is 11.3. The third kappa shape index (κ3) is 5.60. The number of nitrogens with zero attached hydrogens (tertiary/aromatic N) is 2. The Morgan fingerprint density at radius 1 is 0.571 bits per heavy atom. The number of ether oxygens (including phenoxy) is 2. The first-order chi connectivity index (χ1) is 31.0. The number of para-hydroxylation sites is 6. The van der Waals surface area contributed by atoms with Gasteiger partial charge in [0.25, 0.3) is 0 Å². The van der Waals surface area contributed by atoms with Crippen molar-refractivity contribution in [1.29, 1.82) is 0 Å². The van der Waals surface area contributed by atoms with Crippen LogP contribution >= 0.6 is 0 Å². The molecule has 304 valence electrons. The van der Waals surface area contributed by atoms with Crippen LogP contribution in [0, 0.1) is 0 Å². The molecule has 0 saturated heterocycles. The Morgan fingerprint density at radius 3 is 2.02 bits per heavy atom. The van der Waals surface area contributed by atoms with Crippen LogP contribution in [0.1, 0.15) is 77.6 Å². The molecule has 4 nitrogen and oxygen atoms in total. The lowest BCUT2D eigenvalue weighted by atomic mass is 9.79. The highest BCUT2D eigenvalue weighted by molar-refractivity contribution is 6.00. The number of benzene rings is 7. The molecule has 6 aliphatic rings. The van der Waals surface area contributed by atoms with Crippen molar-refractivity contribution in [3.8, 4) is 28.4 Å². The molecule has 2 heterocycles. The molecule has 0 bridgehead atoms. The minimum Gasteiger partial charge on any atom is -0.453 e. The third-order valence-electron chi connectivity index (χ3n) is 14.3. The largest absolute Gasteiger partial charge is 0.453 e. The molecule has 63 heavy (non-hydrogen) atoms. The minimum atomic E-state index is -0.157. The first kappa shape index (κ1) is 36.4. The van der Waals surface area contributed by atoms with E-state index in [-0.39, 0.29) is 11.5 Å². The van der Waals surface area contributed by atoms with Crippen LogP contribution < -0.4 is 19.3 Å². The van der Waals surface area contributed by atoms with E-state index in [1.54, 1.807) is 0 Å². The standard InChI is InChI=1S/C59H46N2O2/c1-59(2)49-34-38(26-30-45(49)46-32-28-40(36-50(46)59)61-53-17-7-11-21-57(53)63-58-22-12-8-18-54(58)61)24-23-37-25-29-43-44-31-27-39(35-48(44)42-14-4-3-13-41(42)47(43)33-37)60-51-15-5-9-19-55(51)62-56-20-10-6-16-52(56)60/h4-7,9-12,14-17,19-34,36,39H,3,8,13,18,35H2,1-2H3/b24-23+. The van der Waals surface area contributed by atoms with Crippen molar-refractivity contribution in [1.82, 2.24) is 0 Å². The van der Waals surface area contributed by atoms with Gasteiger partial charge in [0.2, 0.25) is 0 Å². The van der Waals surface area contributed by atoms with Gasteiger partial charge < -0.3 is 19.3 Å². The molecule has 4 aliphatic carbocycles. The summed E-state index contributed by atoms with van der Waals surface area (Å²) in [6, 6.07) is 46.6. The monoisotopic (exact) mass is 814 g/mol. The second kappa shape index (κ2) is 13.9. The van der Waals surface area contributed by atoms with Crippen LogP contribution in [0.15, 0.2) is 163 Å². The van der Waals surface area contributed by atoms with Crippen LogP contribution in [-0.4, -0.2) is 6.04 Å². The zero-order valence-corrected chi connectivity index (χ0v) is 35.6. The maximum absolute atomic E-state index is 6.38. The number of rotatable bonds is 4. The summed E-state index contributed by atoms with van der Waals surface area (Å²) >= 11 is 0. The van der Waals surface area contributed by atoms with Gasteiger partial charge in [0.05, 0.1) is 28.8 Å². The quantitative estimate of drug-likeness (QED) is 0.165. The highest BCUT2D eigenvalue weighted by Gasteiger charge is 2.38. The van der Waals surface area contributed by atoms with E-state index in [2.05, 4.69) is 200 Å². The van der Waals surface area contributed by atoms with E-state index >= 15 is 0 Å². The summed E-state index contributed by atoms with van der Waals surface area (Å²) in [7, 11) is 0. The van der Waals surface area contributed by atoms with Crippen LogP contribution in [0.5, 0.6) is 17.2 Å². The lowest BCUT2D eigenvalue weighted by Crippen LogP contribution is -2.35. The molecule has 0 saturated carbocycles. The van der Waals surface area contributed by atoms with E-state index < -0.39 is 0 Å². The number of hydrogen-bond donors (Lipinski definition) is 0. The lowest BCUT2D eigenvalue weighted by Gasteiger charge is -2.39. The Kier molecular flexibility index (Phi) is 8.00. The molecular formula is C59H46N2O2. The van der Waals surface area contributed by atoms with Crippen molar-refractivity contribution in [3.63, 3.8) is 0 Å². The molecule has 13 rings (SSSR count). The molecule has 0 N–H and O–H groups in total. The first-order valence-corrected chi connectivity index (χ1v) is 22.5. The van der Waals surface area contributed by atoms with Gasteiger partial charge in [0.15, 0.2) is 17.2 Å². The number of aryl methyl sites for hydroxylation is 1. The summed E-state index contributed by atoms with van der Waals surface area (Å²) < 4.78 is 12.8. The van der Waals surface area contributed by atoms with Gasteiger partial charge in [-0.2, -0.15) is 0 Å². The van der Waals surface area contributed by atoms with Gasteiger partial charge in [-0.05, 0) is 159 Å². The summed E-state index contributed by atoms with van der Waals surface area (Å²) in [6.07, 6.45) is 23.5. The summed E-state index contributed by atoms with van der Waals surface area (Å²) in [5.74, 6) is 3.67. The van der Waals surface area contributed by atoms with Crippen LogP contribution in [0.25, 0.3) is 46.2 Å². The molecule has 0 spiro atoms. The fourth-order valence-corrected chi connectivity index (χ4v) is 11.3. The molecule has 0 aromatic heterocycles. The van der Waals surface area contributed by atoms with E-state index in [9.17, 15) is 0 Å². The topological polar surface area (TPSA) is 24.9 Å². The zero-order valence-electron chi connectivity index (χ0n) is 35.6. The molecule has 0 radical (unpaired) electrons. The summed E-state index contributed by atoms with van der Waals surface area (Å²) in [6.45, 7) is 4.76. The molecule has 7 aromatic rings. The molecule has 1 atom stereocenters. The highest BCUT2D eigenvalue weighted by Crippen LogP contribution is 2.53. The van der Waals surface area contributed by atoms with Gasteiger partial charge in [-0.25, -0.2) is 0 Å². The van der Waals surface area contributed by atoms with Gasteiger partial charge in [-0.1, -0.05) is 129 Å². The Morgan fingerprint density at radius 2 is 1.22 bits per heavy atom. The second-order valence-corrected chi connectivity index (χ2v) is 18.2. The average Bonchev–Trinajstić information content (AvgIpc) is 3.56. The molecular weight excluding hydrogens is 769 g/mol. The van der Waals surface area contributed by atoms with Crippen molar-refractivity contribution in [2.24, 2.45) is 0 Å². The fraction of sp³-hybridized carbons (Fsp3) is 0.153. The second-order valence-electron chi connectivity index (χ2n) is 18.2. The van der Waals surface area contributed by atoms with E-state index in [1.165, 1.54) is 77.8 Å². The van der Waals surface area contributed by atoms with Gasteiger partial charge >= 0.3 is 0 Å². The van der Waals surface area contributed by atoms with Crippen LogP contribution in [0.4, 0.5) is 22.7 Å². The van der Waals surface area contributed by atoms with Crippen molar-refractivity contribution in [2.75, 3.05) is 9.80 Å². The van der Waals surface area contributed by atoms with Gasteiger partial charge in [-0.15, -0.1) is 0 Å². The predicted molar refractivity (Wildman–Crippen MR) is 260 cm³/mol. The molecule has 0 fully saturated rings. The number of anilines is 4. The zero-order chi connectivity index (χ0) is 41.8. The lowest BCUT2D eigenvalue weighted by molar-refractivity contribution is 0.421. The van der Waals surface area contributed by atoms with Crippen molar-refractivity contribution < 1.29 is 9.47 Å². The molecule has 1 unspecified atom stereocenters. The Labute approximate surface area is 369 Å². The van der Waals surface area contributed by atoms with Crippen LogP contribution in [0.3, 0.4) is 0 Å². The van der Waals surface area contributed by atoms with Gasteiger partial charge in [0, 0.05) is 11.1 Å². The third-order valence-corrected chi connectivity index (χ3v) is 14.3. The summed E-state index contributed by atoms with van der Waals surface area (Å²) in [4.78, 5) is 4.90. The molecule has 2 aliphatic heterocycles. The van der Waals surface area contributed by atoms with E-state index in [0.29, 0.717) is 0 Å². The Balaban J connectivity index is 0.821. The SMILES string of the molecule is CC1(C)c2cc(/C=C/c3ccc4c5c(c6c(c4c3)CCC=C6)CC(N3c4ccccc4Oc4ccccc43)C=C5)ccc2-c2ccc(N3C4=C(C=CCC4)Oc4ccccc43)cc21. The first-order valence-electron chi connectivity index (χ1n) is 22.5. The van der Waals surface area contributed by atoms with Crippen molar-refractivity contribution in [2.45, 2.75) is 57.4 Å². The van der Waals surface area contributed by atoms with Crippen LogP contribution in [-0.2, 0) is 18.3 Å². The normalized spacial score (nSPS) is 18.2. The number of allylic oxidation sites excluding steroid dienone is 4. The maximum Gasteiger partial charge on any atom is 0.151 e. The Hall–Kier alpha value is -7.30. The predicted octanol–water partition coefficient (Wildman–Crippen LogP) is 15.2. The van der Waals surface area contributed by atoms with Gasteiger partial charge in [0.1, 0.15) is 5.76 Å². The van der Waals surface area contributed by atoms with E-state index in [1.807, 2.05) is 0 Å². The highest BCUT2D eigenvalue weighted by atomic mass is 16.5. The molecule has 7 aromatic carbocycles. The smallest absolute Gasteiger partial charge is 0.151 e. The maximum atomic E-state index is 6.38. The average molecular weight is 815 g/mol. The van der Waals surface area contributed by atoms with E-state index in [0.717, 1.165) is 72.2 Å². The molecule has 4 heteroatoms. The van der Waals surface area contributed by atoms with Crippen molar-refractivity contribution in [3.05, 3.63) is 208 Å². The summed E-state index contributed by atoms with van der Waals surface area (Å²) in [5, 5.41) is 2.72. The summed E-state index contributed by atoms with van der Waals surface area (Å²) in [5.41, 5.74) is 19.1. The van der Waals surface area contributed by atoms with E-state index in [4.69, 9.17) is 9.47 Å². The number of hydrogen-bond acceptors (Lipinski definition) is 4.